The quantitative estimate of drug-likeness (QED) is 0.800. The van der Waals surface area contributed by atoms with Crippen molar-refractivity contribution in [1.29, 1.82) is 0 Å². The highest BCUT2D eigenvalue weighted by molar-refractivity contribution is 5.79. The van der Waals surface area contributed by atoms with Gasteiger partial charge in [0.2, 0.25) is 0 Å². The first-order valence-electron chi connectivity index (χ1n) is 6.68. The summed E-state index contributed by atoms with van der Waals surface area (Å²) in [6, 6.07) is 4.12. The van der Waals surface area contributed by atoms with Crippen LogP contribution in [0.2, 0.25) is 0 Å². The van der Waals surface area contributed by atoms with E-state index >= 15 is 0 Å². The molecule has 2 aromatic rings. The molecule has 1 fully saturated rings. The molecule has 2 heterocycles. The van der Waals surface area contributed by atoms with E-state index in [9.17, 15) is 13.2 Å². The smallest absolute Gasteiger partial charge is 0.306 e. The van der Waals surface area contributed by atoms with E-state index in [1.807, 2.05) is 4.68 Å². The van der Waals surface area contributed by atoms with Gasteiger partial charge in [0, 0.05) is 5.39 Å². The average Bonchev–Trinajstić information content (AvgIpc) is 2.81. The number of fused-ring (bicyclic) bond motifs is 1. The van der Waals surface area contributed by atoms with E-state index in [2.05, 4.69) is 17.0 Å². The summed E-state index contributed by atoms with van der Waals surface area (Å²) in [5.41, 5.74) is 0.167. The summed E-state index contributed by atoms with van der Waals surface area (Å²) in [7, 11) is 2.08. The van der Waals surface area contributed by atoms with E-state index in [-0.39, 0.29) is 6.04 Å². The minimum Gasteiger partial charge on any atom is -0.306 e. The molecule has 6 heteroatoms. The Kier molecular flexibility index (Phi) is 3.20. The van der Waals surface area contributed by atoms with Gasteiger partial charge in [-0.05, 0) is 51.2 Å². The van der Waals surface area contributed by atoms with Crippen LogP contribution in [0.3, 0.4) is 0 Å². The van der Waals surface area contributed by atoms with E-state index in [1.165, 1.54) is 18.3 Å². The third-order valence-corrected chi connectivity index (χ3v) is 3.96. The number of benzene rings is 1. The Morgan fingerprint density at radius 3 is 2.55 bits per heavy atom. The molecule has 0 atom stereocenters. The molecule has 3 nitrogen and oxygen atoms in total. The molecule has 20 heavy (non-hydrogen) atoms. The zero-order valence-electron chi connectivity index (χ0n) is 11.2. The van der Waals surface area contributed by atoms with Crippen LogP contribution in [-0.2, 0) is 6.18 Å². The molecule has 1 saturated heterocycles. The first-order chi connectivity index (χ1) is 9.45. The maximum Gasteiger partial charge on any atom is 0.416 e. The molecule has 1 aromatic carbocycles. The highest BCUT2D eigenvalue weighted by Crippen LogP contribution is 2.32. The van der Waals surface area contributed by atoms with Crippen molar-refractivity contribution in [2.75, 3.05) is 20.1 Å². The molecular formula is C14H16F3N3. The highest BCUT2D eigenvalue weighted by atomic mass is 19.4. The molecule has 108 valence electrons. The van der Waals surface area contributed by atoms with Crippen molar-refractivity contribution in [3.05, 3.63) is 30.0 Å². The first kappa shape index (κ1) is 13.4. The molecule has 0 aliphatic carbocycles. The maximum atomic E-state index is 12.7. The second-order valence-corrected chi connectivity index (χ2v) is 5.39. The fraction of sp³-hybridized carbons (Fsp3) is 0.500. The number of aromatic nitrogens is 2. The molecule has 1 aliphatic rings. The van der Waals surface area contributed by atoms with Crippen LogP contribution in [0, 0.1) is 0 Å². The van der Waals surface area contributed by atoms with Crippen molar-refractivity contribution in [3.63, 3.8) is 0 Å². The topological polar surface area (TPSA) is 21.1 Å². The minimum absolute atomic E-state index is 0.278. The molecular weight excluding hydrogens is 267 g/mol. The van der Waals surface area contributed by atoms with Crippen molar-refractivity contribution >= 4 is 10.9 Å². The van der Waals surface area contributed by atoms with Crippen LogP contribution in [0.15, 0.2) is 24.4 Å². The van der Waals surface area contributed by atoms with Gasteiger partial charge in [-0.1, -0.05) is 0 Å². The summed E-state index contributed by atoms with van der Waals surface area (Å²) >= 11 is 0. The van der Waals surface area contributed by atoms with Crippen molar-refractivity contribution < 1.29 is 13.2 Å². The standard InChI is InChI=1S/C14H16F3N3/c1-19-6-4-12(5-7-19)20-13-3-2-11(14(15,16)17)8-10(13)9-18-20/h2-3,8-9,12H,4-7H2,1H3. The van der Waals surface area contributed by atoms with Gasteiger partial charge in [0.05, 0.1) is 23.3 Å². The van der Waals surface area contributed by atoms with Crippen LogP contribution in [0.1, 0.15) is 24.4 Å². The second-order valence-electron chi connectivity index (χ2n) is 5.39. The Balaban J connectivity index is 1.94. The van der Waals surface area contributed by atoms with Crippen LogP contribution in [-0.4, -0.2) is 34.8 Å². The van der Waals surface area contributed by atoms with E-state index in [0.29, 0.717) is 5.39 Å². The molecule has 1 aliphatic heterocycles. The number of alkyl halides is 3. The van der Waals surface area contributed by atoms with Crippen LogP contribution in [0.5, 0.6) is 0 Å². The lowest BCUT2D eigenvalue weighted by atomic mass is 10.1. The Morgan fingerprint density at radius 2 is 1.90 bits per heavy atom. The van der Waals surface area contributed by atoms with Gasteiger partial charge in [-0.25, -0.2) is 0 Å². The molecule has 0 spiro atoms. The van der Waals surface area contributed by atoms with Crippen LogP contribution >= 0.6 is 0 Å². The van der Waals surface area contributed by atoms with E-state index in [1.54, 1.807) is 0 Å². The monoisotopic (exact) mass is 283 g/mol. The fourth-order valence-corrected chi connectivity index (χ4v) is 2.76. The van der Waals surface area contributed by atoms with E-state index < -0.39 is 11.7 Å². The van der Waals surface area contributed by atoms with Crippen molar-refractivity contribution in [3.8, 4) is 0 Å². The summed E-state index contributed by atoms with van der Waals surface area (Å²) in [4.78, 5) is 2.25. The van der Waals surface area contributed by atoms with E-state index in [4.69, 9.17) is 0 Å². The molecule has 0 amide bonds. The van der Waals surface area contributed by atoms with Gasteiger partial charge in [-0.15, -0.1) is 0 Å². The lowest BCUT2D eigenvalue weighted by Gasteiger charge is -2.29. The van der Waals surface area contributed by atoms with Gasteiger partial charge in [0.25, 0.3) is 0 Å². The molecule has 0 bridgehead atoms. The van der Waals surface area contributed by atoms with Crippen molar-refractivity contribution in [2.45, 2.75) is 25.1 Å². The molecule has 0 N–H and O–H groups in total. The predicted molar refractivity (Wildman–Crippen MR) is 70.5 cm³/mol. The molecule has 0 radical (unpaired) electrons. The van der Waals surface area contributed by atoms with Gasteiger partial charge >= 0.3 is 6.18 Å². The molecule has 0 unspecified atom stereocenters. The maximum absolute atomic E-state index is 12.7. The SMILES string of the molecule is CN1CCC(n2ncc3cc(C(F)(F)F)ccc32)CC1. The van der Waals surface area contributed by atoms with Crippen LogP contribution in [0.4, 0.5) is 13.2 Å². The van der Waals surface area contributed by atoms with Gasteiger partial charge in [0.15, 0.2) is 0 Å². The predicted octanol–water partition coefficient (Wildman–Crippen LogP) is 3.32. The summed E-state index contributed by atoms with van der Waals surface area (Å²) in [5.74, 6) is 0. The lowest BCUT2D eigenvalue weighted by Crippen LogP contribution is -2.31. The summed E-state index contributed by atoms with van der Waals surface area (Å²) < 4.78 is 39.9. The molecule has 3 rings (SSSR count). The normalized spacial score (nSPS) is 18.8. The first-order valence-corrected chi connectivity index (χ1v) is 6.68. The van der Waals surface area contributed by atoms with Crippen LogP contribution < -0.4 is 0 Å². The number of rotatable bonds is 1. The average molecular weight is 283 g/mol. The third kappa shape index (κ3) is 2.40. The number of nitrogens with zero attached hydrogens (tertiary/aromatic N) is 3. The number of hydrogen-bond donors (Lipinski definition) is 0. The Labute approximate surface area is 115 Å². The summed E-state index contributed by atoms with van der Waals surface area (Å²) in [6.45, 7) is 1.99. The van der Waals surface area contributed by atoms with Gasteiger partial charge in [-0.3, -0.25) is 4.68 Å². The molecule has 1 aromatic heterocycles. The lowest BCUT2D eigenvalue weighted by molar-refractivity contribution is -0.137. The van der Waals surface area contributed by atoms with Gasteiger partial charge in [-0.2, -0.15) is 18.3 Å². The minimum atomic E-state index is -4.30. The fourth-order valence-electron chi connectivity index (χ4n) is 2.76. The van der Waals surface area contributed by atoms with E-state index in [0.717, 1.165) is 37.5 Å². The van der Waals surface area contributed by atoms with Crippen LogP contribution in [0.25, 0.3) is 10.9 Å². The number of hydrogen-bond acceptors (Lipinski definition) is 2. The van der Waals surface area contributed by atoms with Crippen molar-refractivity contribution in [1.82, 2.24) is 14.7 Å². The van der Waals surface area contributed by atoms with Crippen molar-refractivity contribution in [2.24, 2.45) is 0 Å². The third-order valence-electron chi connectivity index (χ3n) is 3.96. The number of halogens is 3. The number of piperidine rings is 1. The number of likely N-dealkylation sites (tertiary alicyclic amines) is 1. The van der Waals surface area contributed by atoms with Gasteiger partial charge in [0.1, 0.15) is 0 Å². The van der Waals surface area contributed by atoms with Gasteiger partial charge < -0.3 is 4.90 Å². The zero-order chi connectivity index (χ0) is 14.3. The summed E-state index contributed by atoms with van der Waals surface area (Å²) in [5, 5.41) is 4.85. The Hall–Kier alpha value is -1.56. The largest absolute Gasteiger partial charge is 0.416 e. The Bertz CT molecular complexity index is 610. The second kappa shape index (κ2) is 4.77. The highest BCUT2D eigenvalue weighted by Gasteiger charge is 2.31. The molecule has 0 saturated carbocycles. The Morgan fingerprint density at radius 1 is 1.20 bits per heavy atom. The summed E-state index contributed by atoms with van der Waals surface area (Å²) in [6.07, 6.45) is -0.810. The zero-order valence-corrected chi connectivity index (χ0v) is 11.2.